The summed E-state index contributed by atoms with van der Waals surface area (Å²) in [6, 6.07) is 13.8. The molecule has 3 rings (SSSR count). The van der Waals surface area contributed by atoms with E-state index in [0.29, 0.717) is 0 Å². The first-order valence-corrected chi connectivity index (χ1v) is 7.68. The topological polar surface area (TPSA) is 32.9 Å². The standard InChI is InChI=1S/C17H14INO/c1-2-11-4-3-5-14-15(10-19-16(11)14)17(20)12-6-8-13(18)9-7-12/h3-10,19H,2H2,1H3. The number of hydrogen-bond donors (Lipinski definition) is 1. The summed E-state index contributed by atoms with van der Waals surface area (Å²) in [5.74, 6) is 0.0703. The van der Waals surface area contributed by atoms with Crippen molar-refractivity contribution < 1.29 is 4.79 Å². The lowest BCUT2D eigenvalue weighted by molar-refractivity contribution is 0.104. The van der Waals surface area contributed by atoms with Crippen LogP contribution in [0.2, 0.25) is 0 Å². The number of benzene rings is 2. The van der Waals surface area contributed by atoms with Gasteiger partial charge in [-0.15, -0.1) is 0 Å². The van der Waals surface area contributed by atoms with Gasteiger partial charge in [-0.2, -0.15) is 0 Å². The Morgan fingerprint density at radius 1 is 1.15 bits per heavy atom. The van der Waals surface area contributed by atoms with Crippen molar-refractivity contribution in [3.05, 3.63) is 68.9 Å². The highest BCUT2D eigenvalue weighted by atomic mass is 127. The van der Waals surface area contributed by atoms with Crippen molar-refractivity contribution in [2.75, 3.05) is 0 Å². The van der Waals surface area contributed by atoms with Crippen LogP contribution in [-0.2, 0) is 6.42 Å². The molecular formula is C17H14INO. The summed E-state index contributed by atoms with van der Waals surface area (Å²) in [5.41, 5.74) is 3.79. The third-order valence-corrected chi connectivity index (χ3v) is 4.25. The molecule has 0 fully saturated rings. The third kappa shape index (κ3) is 2.26. The number of ketones is 1. The van der Waals surface area contributed by atoms with Gasteiger partial charge in [0.2, 0.25) is 0 Å². The number of aromatic nitrogens is 1. The number of H-pyrrole nitrogens is 1. The highest BCUT2D eigenvalue weighted by Gasteiger charge is 2.15. The smallest absolute Gasteiger partial charge is 0.195 e. The van der Waals surface area contributed by atoms with Gasteiger partial charge in [-0.1, -0.05) is 25.1 Å². The minimum atomic E-state index is 0.0703. The lowest BCUT2D eigenvalue weighted by Crippen LogP contribution is -2.00. The fourth-order valence-electron chi connectivity index (χ4n) is 2.46. The zero-order valence-corrected chi connectivity index (χ0v) is 13.3. The SMILES string of the molecule is CCc1cccc2c(C(=O)c3ccc(I)cc3)c[nH]c12. The molecular weight excluding hydrogens is 361 g/mol. The van der Waals surface area contributed by atoms with Crippen LogP contribution >= 0.6 is 22.6 Å². The number of carbonyl (C=O) groups is 1. The molecule has 0 radical (unpaired) electrons. The van der Waals surface area contributed by atoms with Gasteiger partial charge < -0.3 is 4.98 Å². The Bertz CT molecular complexity index is 771. The Labute approximate surface area is 131 Å². The lowest BCUT2D eigenvalue weighted by Gasteiger charge is -2.02. The monoisotopic (exact) mass is 375 g/mol. The molecule has 1 N–H and O–H groups in total. The largest absolute Gasteiger partial charge is 0.360 e. The maximum atomic E-state index is 12.6. The fourth-order valence-corrected chi connectivity index (χ4v) is 2.82. The molecule has 0 unspecified atom stereocenters. The highest BCUT2D eigenvalue weighted by molar-refractivity contribution is 14.1. The average molecular weight is 375 g/mol. The van der Waals surface area contributed by atoms with Crippen LogP contribution < -0.4 is 0 Å². The summed E-state index contributed by atoms with van der Waals surface area (Å²) >= 11 is 2.24. The normalized spacial score (nSPS) is 10.9. The molecule has 0 amide bonds. The highest BCUT2D eigenvalue weighted by Crippen LogP contribution is 2.24. The number of rotatable bonds is 3. The van der Waals surface area contributed by atoms with Crippen molar-refractivity contribution in [3.8, 4) is 0 Å². The number of aryl methyl sites for hydroxylation is 1. The number of fused-ring (bicyclic) bond motifs is 1. The molecule has 3 heteroatoms. The van der Waals surface area contributed by atoms with E-state index in [1.54, 1.807) is 0 Å². The zero-order valence-electron chi connectivity index (χ0n) is 11.1. The molecule has 20 heavy (non-hydrogen) atoms. The molecule has 0 spiro atoms. The van der Waals surface area contributed by atoms with E-state index in [2.05, 4.69) is 40.6 Å². The minimum Gasteiger partial charge on any atom is -0.360 e. The first kappa shape index (κ1) is 13.4. The molecule has 0 saturated carbocycles. The van der Waals surface area contributed by atoms with Crippen molar-refractivity contribution in [1.29, 1.82) is 0 Å². The average Bonchev–Trinajstić information content (AvgIpc) is 2.91. The zero-order chi connectivity index (χ0) is 14.1. The van der Waals surface area contributed by atoms with Gasteiger partial charge in [0, 0.05) is 31.8 Å². The van der Waals surface area contributed by atoms with Crippen LogP contribution in [0.15, 0.2) is 48.7 Å². The van der Waals surface area contributed by atoms with Gasteiger partial charge in [0.25, 0.3) is 0 Å². The van der Waals surface area contributed by atoms with E-state index in [9.17, 15) is 4.79 Å². The van der Waals surface area contributed by atoms with Crippen LogP contribution in [0.4, 0.5) is 0 Å². The van der Waals surface area contributed by atoms with E-state index in [-0.39, 0.29) is 5.78 Å². The molecule has 2 nitrogen and oxygen atoms in total. The minimum absolute atomic E-state index is 0.0703. The number of nitrogens with one attached hydrogen (secondary N) is 1. The summed E-state index contributed by atoms with van der Waals surface area (Å²) in [6.07, 6.45) is 2.78. The van der Waals surface area contributed by atoms with E-state index < -0.39 is 0 Å². The second-order valence-corrected chi connectivity index (χ2v) is 5.98. The summed E-state index contributed by atoms with van der Waals surface area (Å²) in [4.78, 5) is 15.9. The lowest BCUT2D eigenvalue weighted by atomic mass is 10.0. The van der Waals surface area contributed by atoms with Crippen molar-refractivity contribution in [2.24, 2.45) is 0 Å². The van der Waals surface area contributed by atoms with Gasteiger partial charge in [0.15, 0.2) is 5.78 Å². The number of halogens is 1. The summed E-state index contributed by atoms with van der Waals surface area (Å²) in [7, 11) is 0. The van der Waals surface area contributed by atoms with Gasteiger partial charge in [-0.25, -0.2) is 0 Å². The number of aromatic amines is 1. The van der Waals surface area contributed by atoms with Gasteiger partial charge in [0.1, 0.15) is 0 Å². The predicted molar refractivity (Wildman–Crippen MR) is 90.3 cm³/mol. The van der Waals surface area contributed by atoms with Crippen LogP contribution in [0.25, 0.3) is 10.9 Å². The third-order valence-electron chi connectivity index (χ3n) is 3.53. The van der Waals surface area contributed by atoms with Crippen molar-refractivity contribution in [1.82, 2.24) is 4.98 Å². The Kier molecular flexibility index (Phi) is 3.61. The van der Waals surface area contributed by atoms with Gasteiger partial charge >= 0.3 is 0 Å². The predicted octanol–water partition coefficient (Wildman–Crippen LogP) is 4.57. The van der Waals surface area contributed by atoms with Gasteiger partial charge in [0.05, 0.1) is 0 Å². The quantitative estimate of drug-likeness (QED) is 0.528. The molecule has 3 aromatic rings. The molecule has 0 bridgehead atoms. The molecule has 0 aliphatic heterocycles. The fraction of sp³-hybridized carbons (Fsp3) is 0.118. The van der Waals surface area contributed by atoms with Gasteiger partial charge in [-0.05, 0) is 58.8 Å². The Balaban J connectivity index is 2.10. The molecule has 1 heterocycles. The molecule has 0 aliphatic carbocycles. The maximum absolute atomic E-state index is 12.6. The van der Waals surface area contributed by atoms with Crippen LogP contribution in [0, 0.1) is 3.57 Å². The van der Waals surface area contributed by atoms with Crippen molar-refractivity contribution in [2.45, 2.75) is 13.3 Å². The summed E-state index contributed by atoms with van der Waals surface area (Å²) in [5, 5.41) is 1.01. The summed E-state index contributed by atoms with van der Waals surface area (Å²) < 4.78 is 1.13. The van der Waals surface area contributed by atoms with Crippen LogP contribution in [-0.4, -0.2) is 10.8 Å². The Morgan fingerprint density at radius 2 is 1.90 bits per heavy atom. The first-order valence-electron chi connectivity index (χ1n) is 6.60. The Morgan fingerprint density at radius 3 is 2.60 bits per heavy atom. The second-order valence-electron chi connectivity index (χ2n) is 4.73. The van der Waals surface area contributed by atoms with Crippen LogP contribution in [0.1, 0.15) is 28.4 Å². The molecule has 0 saturated heterocycles. The maximum Gasteiger partial charge on any atom is 0.195 e. The molecule has 100 valence electrons. The molecule has 1 aromatic heterocycles. The second kappa shape index (κ2) is 5.40. The van der Waals surface area contributed by atoms with E-state index in [1.807, 2.05) is 42.6 Å². The van der Waals surface area contributed by atoms with E-state index in [4.69, 9.17) is 0 Å². The van der Waals surface area contributed by atoms with Crippen molar-refractivity contribution >= 4 is 39.3 Å². The van der Waals surface area contributed by atoms with E-state index in [1.165, 1.54) is 5.56 Å². The number of para-hydroxylation sites is 1. The number of hydrogen-bond acceptors (Lipinski definition) is 1. The van der Waals surface area contributed by atoms with Crippen LogP contribution in [0.3, 0.4) is 0 Å². The Hall–Kier alpha value is -1.62. The van der Waals surface area contributed by atoms with E-state index >= 15 is 0 Å². The molecule has 0 aliphatic rings. The summed E-state index contributed by atoms with van der Waals surface area (Å²) in [6.45, 7) is 2.12. The van der Waals surface area contributed by atoms with Crippen LogP contribution in [0.5, 0.6) is 0 Å². The number of carbonyl (C=O) groups excluding carboxylic acids is 1. The molecule has 0 atom stereocenters. The van der Waals surface area contributed by atoms with Crippen molar-refractivity contribution in [3.63, 3.8) is 0 Å². The van der Waals surface area contributed by atoms with E-state index in [0.717, 1.165) is 32.0 Å². The molecule has 2 aromatic carbocycles. The van der Waals surface area contributed by atoms with Gasteiger partial charge in [-0.3, -0.25) is 4.79 Å². The first-order chi connectivity index (χ1) is 9.70.